The molecule has 2 heterocycles. The number of carbonyl (C=O) groups excluding carboxylic acids is 1. The summed E-state index contributed by atoms with van der Waals surface area (Å²) >= 11 is 0. The van der Waals surface area contributed by atoms with E-state index in [0.29, 0.717) is 5.56 Å². The van der Waals surface area contributed by atoms with E-state index in [1.54, 1.807) is 0 Å². The number of amides is 1. The van der Waals surface area contributed by atoms with Gasteiger partial charge < -0.3 is 15.1 Å². The van der Waals surface area contributed by atoms with Crippen LogP contribution in [0.1, 0.15) is 35.7 Å². The minimum atomic E-state index is -0.107. The molecule has 1 aliphatic heterocycles. The monoisotopic (exact) mass is 402 g/mol. The number of hydrogen-bond donors (Lipinski definition) is 1. The highest BCUT2D eigenvalue weighted by atomic mass is 16.1. The fourth-order valence-electron chi connectivity index (χ4n) is 3.97. The zero-order chi connectivity index (χ0) is 21.3. The SMILES string of the molecule is Cc1cc(N2CCC(C)CC2)nc2ccc(NC(=O)c3ccc(N(C)C)cc3)cc12. The highest BCUT2D eigenvalue weighted by Crippen LogP contribution is 2.28. The minimum absolute atomic E-state index is 0.107. The summed E-state index contributed by atoms with van der Waals surface area (Å²) in [6.45, 7) is 6.58. The van der Waals surface area contributed by atoms with Gasteiger partial charge in [0.15, 0.2) is 0 Å². The van der Waals surface area contributed by atoms with Crippen molar-refractivity contribution in [1.29, 1.82) is 0 Å². The topological polar surface area (TPSA) is 48.5 Å². The second-order valence-electron chi connectivity index (χ2n) is 8.59. The number of anilines is 3. The third-order valence-corrected chi connectivity index (χ3v) is 6.01. The first-order chi connectivity index (χ1) is 14.4. The van der Waals surface area contributed by atoms with Gasteiger partial charge in [0, 0.05) is 49.5 Å². The van der Waals surface area contributed by atoms with E-state index in [9.17, 15) is 4.79 Å². The first-order valence-corrected chi connectivity index (χ1v) is 10.7. The van der Waals surface area contributed by atoms with Crippen molar-refractivity contribution in [3.05, 3.63) is 59.7 Å². The predicted molar refractivity (Wildman–Crippen MR) is 126 cm³/mol. The van der Waals surface area contributed by atoms with E-state index in [0.717, 1.165) is 47.1 Å². The number of aromatic nitrogens is 1. The molecule has 1 saturated heterocycles. The van der Waals surface area contributed by atoms with Gasteiger partial charge in [-0.3, -0.25) is 4.79 Å². The van der Waals surface area contributed by atoms with E-state index in [4.69, 9.17) is 4.98 Å². The lowest BCUT2D eigenvalue weighted by molar-refractivity contribution is 0.102. The quantitative estimate of drug-likeness (QED) is 0.660. The van der Waals surface area contributed by atoms with Crippen molar-refractivity contribution in [2.75, 3.05) is 42.3 Å². The highest BCUT2D eigenvalue weighted by molar-refractivity contribution is 6.05. The number of benzene rings is 2. The van der Waals surface area contributed by atoms with Gasteiger partial charge in [-0.05, 0) is 79.8 Å². The first kappa shape index (κ1) is 20.2. The van der Waals surface area contributed by atoms with Gasteiger partial charge in [-0.1, -0.05) is 6.92 Å². The molecule has 3 aromatic rings. The fourth-order valence-corrected chi connectivity index (χ4v) is 3.97. The number of carbonyl (C=O) groups is 1. The second kappa shape index (κ2) is 8.34. The van der Waals surface area contributed by atoms with Gasteiger partial charge in [-0.15, -0.1) is 0 Å². The molecule has 1 aromatic heterocycles. The van der Waals surface area contributed by atoms with Crippen LogP contribution in [0.3, 0.4) is 0 Å². The van der Waals surface area contributed by atoms with Crippen LogP contribution in [0.25, 0.3) is 10.9 Å². The highest BCUT2D eigenvalue weighted by Gasteiger charge is 2.18. The number of nitrogens with zero attached hydrogens (tertiary/aromatic N) is 3. The van der Waals surface area contributed by atoms with Crippen LogP contribution in [0.4, 0.5) is 17.2 Å². The summed E-state index contributed by atoms with van der Waals surface area (Å²) in [5.41, 5.74) is 4.65. The van der Waals surface area contributed by atoms with Crippen molar-refractivity contribution < 1.29 is 4.79 Å². The van der Waals surface area contributed by atoms with Crippen LogP contribution in [-0.2, 0) is 0 Å². The van der Waals surface area contributed by atoms with Gasteiger partial charge in [0.1, 0.15) is 5.82 Å². The fraction of sp³-hybridized carbons (Fsp3) is 0.360. The van der Waals surface area contributed by atoms with Crippen LogP contribution in [-0.4, -0.2) is 38.1 Å². The number of piperidine rings is 1. The van der Waals surface area contributed by atoms with E-state index in [1.165, 1.54) is 18.4 Å². The van der Waals surface area contributed by atoms with Gasteiger partial charge in [-0.25, -0.2) is 4.98 Å². The van der Waals surface area contributed by atoms with Gasteiger partial charge >= 0.3 is 0 Å². The molecule has 5 heteroatoms. The first-order valence-electron chi connectivity index (χ1n) is 10.7. The lowest BCUT2D eigenvalue weighted by Crippen LogP contribution is -2.33. The molecule has 0 saturated carbocycles. The van der Waals surface area contributed by atoms with Crippen LogP contribution >= 0.6 is 0 Å². The van der Waals surface area contributed by atoms with Crippen molar-refractivity contribution in [2.45, 2.75) is 26.7 Å². The van der Waals surface area contributed by atoms with E-state index >= 15 is 0 Å². The summed E-state index contributed by atoms with van der Waals surface area (Å²) in [4.78, 5) is 22.0. The van der Waals surface area contributed by atoms with E-state index in [-0.39, 0.29) is 5.91 Å². The summed E-state index contributed by atoms with van der Waals surface area (Å²) in [6, 6.07) is 15.7. The van der Waals surface area contributed by atoms with Crippen LogP contribution in [0.2, 0.25) is 0 Å². The zero-order valence-corrected chi connectivity index (χ0v) is 18.3. The molecule has 30 heavy (non-hydrogen) atoms. The smallest absolute Gasteiger partial charge is 0.255 e. The van der Waals surface area contributed by atoms with Gasteiger partial charge in [0.2, 0.25) is 0 Å². The Bertz CT molecular complexity index is 1050. The van der Waals surface area contributed by atoms with Crippen molar-refractivity contribution in [1.82, 2.24) is 4.98 Å². The largest absolute Gasteiger partial charge is 0.378 e. The molecule has 0 aliphatic carbocycles. The molecule has 1 fully saturated rings. The van der Waals surface area contributed by atoms with Crippen LogP contribution in [0, 0.1) is 12.8 Å². The Morgan fingerprint density at radius 1 is 1.07 bits per heavy atom. The molecule has 0 spiro atoms. The standard InChI is InChI=1S/C25H30N4O/c1-17-11-13-29(14-12-17)24-15-18(2)22-16-20(7-10-23(22)27-24)26-25(30)19-5-8-21(9-6-19)28(3)4/h5-10,15-17H,11-14H2,1-4H3,(H,26,30). The zero-order valence-electron chi connectivity index (χ0n) is 18.3. The molecule has 0 bridgehead atoms. The molecule has 4 rings (SSSR count). The molecule has 2 aromatic carbocycles. The molecule has 156 valence electrons. The van der Waals surface area contributed by atoms with Gasteiger partial charge in [-0.2, -0.15) is 0 Å². The summed E-state index contributed by atoms with van der Waals surface area (Å²) in [7, 11) is 3.97. The number of fused-ring (bicyclic) bond motifs is 1. The van der Waals surface area contributed by atoms with Gasteiger partial charge in [0.25, 0.3) is 5.91 Å². The maximum atomic E-state index is 12.7. The van der Waals surface area contributed by atoms with Crippen molar-refractivity contribution in [2.24, 2.45) is 5.92 Å². The maximum Gasteiger partial charge on any atom is 0.255 e. The Balaban J connectivity index is 1.53. The Morgan fingerprint density at radius 2 is 1.77 bits per heavy atom. The number of nitrogens with one attached hydrogen (secondary N) is 1. The van der Waals surface area contributed by atoms with Crippen LogP contribution < -0.4 is 15.1 Å². The lowest BCUT2D eigenvalue weighted by atomic mass is 9.99. The molecule has 1 aliphatic rings. The number of rotatable bonds is 4. The summed E-state index contributed by atoms with van der Waals surface area (Å²) in [6.07, 6.45) is 2.44. The number of pyridine rings is 1. The normalized spacial score (nSPS) is 14.7. The van der Waals surface area contributed by atoms with Crippen molar-refractivity contribution in [3.63, 3.8) is 0 Å². The van der Waals surface area contributed by atoms with Gasteiger partial charge in [0.05, 0.1) is 5.52 Å². The van der Waals surface area contributed by atoms with E-state index in [2.05, 4.69) is 30.1 Å². The van der Waals surface area contributed by atoms with E-state index in [1.807, 2.05) is 61.5 Å². The molecule has 1 N–H and O–H groups in total. The Hall–Kier alpha value is -3.08. The third kappa shape index (κ3) is 4.25. The molecule has 0 radical (unpaired) electrons. The Kier molecular flexibility index (Phi) is 5.62. The van der Waals surface area contributed by atoms with Crippen molar-refractivity contribution >= 4 is 34.0 Å². The average Bonchev–Trinajstić information content (AvgIpc) is 2.74. The minimum Gasteiger partial charge on any atom is -0.378 e. The van der Waals surface area contributed by atoms with Crippen LogP contribution in [0.15, 0.2) is 48.5 Å². The molecular formula is C25H30N4O. The van der Waals surface area contributed by atoms with E-state index < -0.39 is 0 Å². The number of aryl methyl sites for hydroxylation is 1. The molecular weight excluding hydrogens is 372 g/mol. The summed E-state index contributed by atoms with van der Waals surface area (Å²) in [5.74, 6) is 1.75. The molecule has 5 nitrogen and oxygen atoms in total. The Morgan fingerprint density at radius 3 is 2.43 bits per heavy atom. The Labute approximate surface area is 178 Å². The van der Waals surface area contributed by atoms with Crippen molar-refractivity contribution in [3.8, 4) is 0 Å². The summed E-state index contributed by atoms with van der Waals surface area (Å²) < 4.78 is 0. The predicted octanol–water partition coefficient (Wildman–Crippen LogP) is 5.10. The summed E-state index contributed by atoms with van der Waals surface area (Å²) in [5, 5.41) is 4.09. The maximum absolute atomic E-state index is 12.7. The second-order valence-corrected chi connectivity index (χ2v) is 8.59. The average molecular weight is 403 g/mol. The molecule has 0 unspecified atom stereocenters. The number of hydrogen-bond acceptors (Lipinski definition) is 4. The third-order valence-electron chi connectivity index (χ3n) is 6.01. The molecule has 0 atom stereocenters. The lowest BCUT2D eigenvalue weighted by Gasteiger charge is -2.31. The molecule has 1 amide bonds. The van der Waals surface area contributed by atoms with Crippen LogP contribution in [0.5, 0.6) is 0 Å².